The molecule has 1 aromatic carbocycles. The highest BCUT2D eigenvalue weighted by molar-refractivity contribution is 5.80. The number of carbonyl (C=O) groups is 1. The molecule has 22 heavy (non-hydrogen) atoms. The number of hydrogen-bond acceptors (Lipinski definition) is 3. The van der Waals surface area contributed by atoms with Crippen molar-refractivity contribution in [3.63, 3.8) is 0 Å². The molecule has 0 unspecified atom stereocenters. The lowest BCUT2D eigenvalue weighted by molar-refractivity contribution is -0.125. The van der Waals surface area contributed by atoms with E-state index in [0.717, 1.165) is 18.8 Å². The molecular weight excluding hydrogens is 274 g/mol. The number of nitrogens with one attached hydrogen (secondary N) is 2. The van der Waals surface area contributed by atoms with Crippen LogP contribution < -0.4 is 10.6 Å². The predicted molar refractivity (Wildman–Crippen MR) is 86.4 cm³/mol. The first kappa shape index (κ1) is 14.7. The normalized spacial score (nSPS) is 20.8. The maximum atomic E-state index is 12.5. The van der Waals surface area contributed by atoms with E-state index in [1.807, 2.05) is 18.2 Å². The van der Waals surface area contributed by atoms with Crippen molar-refractivity contribution in [2.45, 2.75) is 19.4 Å². The Kier molecular flexibility index (Phi) is 4.49. The molecule has 2 N–H and O–H groups in total. The fourth-order valence-corrected chi connectivity index (χ4v) is 2.93. The Bertz CT molecular complexity index is 625. The van der Waals surface area contributed by atoms with Crippen LogP contribution in [0.5, 0.6) is 0 Å². The van der Waals surface area contributed by atoms with Crippen molar-refractivity contribution < 1.29 is 4.79 Å². The molecule has 0 saturated carbocycles. The Balaban J connectivity index is 1.65. The first-order valence-electron chi connectivity index (χ1n) is 7.69. The topological polar surface area (TPSA) is 54.0 Å². The summed E-state index contributed by atoms with van der Waals surface area (Å²) in [5.74, 6) is 0.317. The third-order valence-electron chi connectivity index (χ3n) is 4.23. The molecule has 3 rings (SSSR count). The number of amides is 1. The Hall–Kier alpha value is -2.20. The molecule has 0 bridgehead atoms. The molecule has 1 amide bonds. The Morgan fingerprint density at radius 1 is 1.23 bits per heavy atom. The quantitative estimate of drug-likeness (QED) is 0.907. The molecule has 1 aromatic heterocycles. The van der Waals surface area contributed by atoms with Gasteiger partial charge in [0.2, 0.25) is 5.91 Å². The molecule has 1 fully saturated rings. The summed E-state index contributed by atoms with van der Waals surface area (Å²) in [5, 5.41) is 6.35. The van der Waals surface area contributed by atoms with Crippen LogP contribution in [-0.4, -0.2) is 24.0 Å². The van der Waals surface area contributed by atoms with Crippen molar-refractivity contribution in [3.8, 4) is 0 Å². The van der Waals surface area contributed by atoms with Gasteiger partial charge in [-0.2, -0.15) is 0 Å². The summed E-state index contributed by atoms with van der Waals surface area (Å²) in [4.78, 5) is 16.7. The second-order valence-electron chi connectivity index (χ2n) is 5.82. The summed E-state index contributed by atoms with van der Waals surface area (Å²) in [6.45, 7) is 4.14. The fraction of sp³-hybridized carbons (Fsp3) is 0.333. The monoisotopic (exact) mass is 295 g/mol. The second kappa shape index (κ2) is 6.71. The summed E-state index contributed by atoms with van der Waals surface area (Å²) in [6.07, 6.45) is 1.74. The van der Waals surface area contributed by atoms with Crippen LogP contribution in [0.3, 0.4) is 0 Å². The highest BCUT2D eigenvalue weighted by atomic mass is 16.1. The average molecular weight is 295 g/mol. The Labute approximate surface area is 131 Å². The van der Waals surface area contributed by atoms with Crippen molar-refractivity contribution in [1.82, 2.24) is 15.6 Å². The van der Waals surface area contributed by atoms with Gasteiger partial charge >= 0.3 is 0 Å². The van der Waals surface area contributed by atoms with E-state index in [-0.39, 0.29) is 17.7 Å². The van der Waals surface area contributed by atoms with E-state index in [2.05, 4.69) is 46.8 Å². The highest BCUT2D eigenvalue weighted by Crippen LogP contribution is 2.28. The van der Waals surface area contributed by atoms with Crippen molar-refractivity contribution in [1.29, 1.82) is 0 Å². The molecular formula is C18H21N3O. The van der Waals surface area contributed by atoms with Crippen LogP contribution in [0.2, 0.25) is 0 Å². The van der Waals surface area contributed by atoms with Gasteiger partial charge in [0.15, 0.2) is 0 Å². The lowest BCUT2D eigenvalue weighted by atomic mass is 9.88. The average Bonchev–Trinajstić information content (AvgIpc) is 3.04. The smallest absolute Gasteiger partial charge is 0.225 e. The molecule has 114 valence electrons. The van der Waals surface area contributed by atoms with Crippen molar-refractivity contribution >= 4 is 5.91 Å². The second-order valence-corrected chi connectivity index (χ2v) is 5.82. The molecule has 1 aliphatic heterocycles. The first-order chi connectivity index (χ1) is 10.7. The van der Waals surface area contributed by atoms with Gasteiger partial charge in [-0.25, -0.2) is 0 Å². The van der Waals surface area contributed by atoms with Gasteiger partial charge in [0.25, 0.3) is 0 Å². The standard InChI is InChI=1S/C18H21N3O/c1-13-5-7-14(8-6-13)16-11-19-12-17(16)18(22)21-10-15-4-2-3-9-20-15/h2-9,16-17,19H,10-12H2,1H3,(H,21,22)/t16-,17-/m1/s1. The Morgan fingerprint density at radius 2 is 2.05 bits per heavy atom. The first-order valence-corrected chi connectivity index (χ1v) is 7.69. The molecule has 2 atom stereocenters. The largest absolute Gasteiger partial charge is 0.350 e. The van der Waals surface area contributed by atoms with E-state index in [4.69, 9.17) is 0 Å². The number of aromatic nitrogens is 1. The van der Waals surface area contributed by atoms with Gasteiger partial charge in [-0.1, -0.05) is 35.9 Å². The number of rotatable bonds is 4. The highest BCUT2D eigenvalue weighted by Gasteiger charge is 2.33. The SMILES string of the molecule is Cc1ccc([C@H]2CNC[C@H]2C(=O)NCc2ccccn2)cc1. The van der Waals surface area contributed by atoms with Crippen molar-refractivity contribution in [3.05, 3.63) is 65.5 Å². The summed E-state index contributed by atoms with van der Waals surface area (Å²) in [7, 11) is 0. The molecule has 4 heteroatoms. The van der Waals surface area contributed by atoms with E-state index in [1.54, 1.807) is 6.20 Å². The van der Waals surface area contributed by atoms with E-state index in [0.29, 0.717) is 6.54 Å². The summed E-state index contributed by atoms with van der Waals surface area (Å²) >= 11 is 0. The number of nitrogens with zero attached hydrogens (tertiary/aromatic N) is 1. The van der Waals surface area contributed by atoms with Crippen LogP contribution >= 0.6 is 0 Å². The minimum Gasteiger partial charge on any atom is -0.350 e. The summed E-state index contributed by atoms with van der Waals surface area (Å²) in [6, 6.07) is 14.2. The van der Waals surface area contributed by atoms with Gasteiger partial charge in [-0.3, -0.25) is 9.78 Å². The van der Waals surface area contributed by atoms with E-state index in [1.165, 1.54) is 11.1 Å². The fourth-order valence-electron chi connectivity index (χ4n) is 2.93. The van der Waals surface area contributed by atoms with Gasteiger partial charge in [0.05, 0.1) is 18.2 Å². The zero-order valence-electron chi connectivity index (χ0n) is 12.8. The van der Waals surface area contributed by atoms with Gasteiger partial charge in [0, 0.05) is 25.2 Å². The number of pyridine rings is 1. The maximum absolute atomic E-state index is 12.5. The molecule has 4 nitrogen and oxygen atoms in total. The van der Waals surface area contributed by atoms with E-state index >= 15 is 0 Å². The van der Waals surface area contributed by atoms with Crippen LogP contribution in [0, 0.1) is 12.8 Å². The summed E-state index contributed by atoms with van der Waals surface area (Å²) < 4.78 is 0. The molecule has 2 heterocycles. The maximum Gasteiger partial charge on any atom is 0.225 e. The number of benzene rings is 1. The van der Waals surface area contributed by atoms with Gasteiger partial charge in [0.1, 0.15) is 0 Å². The lowest BCUT2D eigenvalue weighted by Gasteiger charge is -2.18. The van der Waals surface area contributed by atoms with Crippen LogP contribution in [0.15, 0.2) is 48.7 Å². The zero-order valence-corrected chi connectivity index (χ0v) is 12.8. The van der Waals surface area contributed by atoms with E-state index in [9.17, 15) is 4.79 Å². The van der Waals surface area contributed by atoms with Gasteiger partial charge in [-0.15, -0.1) is 0 Å². The number of aryl methyl sites for hydroxylation is 1. The van der Waals surface area contributed by atoms with Crippen molar-refractivity contribution in [2.75, 3.05) is 13.1 Å². The molecule has 2 aromatic rings. The third kappa shape index (κ3) is 3.34. The molecule has 0 spiro atoms. The molecule has 1 saturated heterocycles. The number of carbonyl (C=O) groups excluding carboxylic acids is 1. The molecule has 1 aliphatic rings. The molecule has 0 aliphatic carbocycles. The van der Waals surface area contributed by atoms with Crippen molar-refractivity contribution in [2.24, 2.45) is 5.92 Å². The minimum absolute atomic E-state index is 0.0218. The van der Waals surface area contributed by atoms with Gasteiger partial charge < -0.3 is 10.6 Å². The van der Waals surface area contributed by atoms with E-state index < -0.39 is 0 Å². The van der Waals surface area contributed by atoms with Crippen LogP contribution in [0.25, 0.3) is 0 Å². The number of hydrogen-bond donors (Lipinski definition) is 2. The van der Waals surface area contributed by atoms with Crippen LogP contribution in [-0.2, 0) is 11.3 Å². The lowest BCUT2D eigenvalue weighted by Crippen LogP contribution is -2.34. The van der Waals surface area contributed by atoms with Crippen LogP contribution in [0.4, 0.5) is 0 Å². The third-order valence-corrected chi connectivity index (χ3v) is 4.23. The van der Waals surface area contributed by atoms with Gasteiger partial charge in [-0.05, 0) is 24.6 Å². The zero-order chi connectivity index (χ0) is 15.4. The minimum atomic E-state index is -0.0218. The summed E-state index contributed by atoms with van der Waals surface area (Å²) in [5.41, 5.74) is 3.35. The molecule has 0 radical (unpaired) electrons. The Morgan fingerprint density at radius 3 is 2.77 bits per heavy atom. The predicted octanol–water partition coefficient (Wildman–Crippen LogP) is 2.01. The van der Waals surface area contributed by atoms with Crippen LogP contribution in [0.1, 0.15) is 22.7 Å².